The van der Waals surface area contributed by atoms with Crippen LogP contribution in [0.15, 0.2) is 47.2 Å². The second-order valence-electron chi connectivity index (χ2n) is 6.46. The number of rotatable bonds is 6. The predicted molar refractivity (Wildman–Crippen MR) is 105 cm³/mol. The van der Waals surface area contributed by atoms with Gasteiger partial charge < -0.3 is 10.1 Å². The molecular weight excluding hydrogens is 394 g/mol. The Hall–Kier alpha value is -1.92. The highest BCUT2D eigenvalue weighted by molar-refractivity contribution is 9.10. The number of hydrogen-bond acceptors (Lipinski definition) is 4. The van der Waals surface area contributed by atoms with Crippen LogP contribution >= 0.6 is 15.9 Å². The molecule has 0 saturated carbocycles. The third-order valence-electron chi connectivity index (χ3n) is 4.75. The fourth-order valence-electron chi connectivity index (χ4n) is 3.43. The summed E-state index contributed by atoms with van der Waals surface area (Å²) in [5, 5.41) is 3.08. The van der Waals surface area contributed by atoms with E-state index in [-0.39, 0.29) is 11.9 Å². The predicted octanol–water partition coefficient (Wildman–Crippen LogP) is 3.81. The number of nitrogens with zero attached hydrogens (tertiary/aromatic N) is 2. The first kappa shape index (κ1) is 18.9. The second kappa shape index (κ2) is 9.14. The van der Waals surface area contributed by atoms with Crippen molar-refractivity contribution in [3.05, 3.63) is 58.3 Å². The summed E-state index contributed by atoms with van der Waals surface area (Å²) in [6.07, 6.45) is 6.90. The maximum atomic E-state index is 12.5. The van der Waals surface area contributed by atoms with Crippen LogP contribution in [0.5, 0.6) is 5.75 Å². The summed E-state index contributed by atoms with van der Waals surface area (Å²) in [6, 6.07) is 9.94. The Morgan fingerprint density at radius 3 is 2.77 bits per heavy atom. The molecule has 2 aromatic rings. The lowest BCUT2D eigenvalue weighted by molar-refractivity contribution is 0.0922. The van der Waals surface area contributed by atoms with Crippen molar-refractivity contribution in [3.63, 3.8) is 0 Å². The fraction of sp³-hybridized carbons (Fsp3) is 0.400. The summed E-state index contributed by atoms with van der Waals surface area (Å²) in [5.74, 6) is 0.747. The first-order valence-corrected chi connectivity index (χ1v) is 9.74. The Morgan fingerprint density at radius 1 is 1.27 bits per heavy atom. The number of halogens is 1. The minimum absolute atomic E-state index is 0.0931. The van der Waals surface area contributed by atoms with Crippen LogP contribution < -0.4 is 10.1 Å². The molecular formula is C20H24BrN3O2. The molecule has 1 aliphatic rings. The number of ether oxygens (including phenoxy) is 1. The van der Waals surface area contributed by atoms with Crippen LogP contribution in [0.3, 0.4) is 0 Å². The second-order valence-corrected chi connectivity index (χ2v) is 7.37. The molecule has 1 amide bonds. The first-order chi connectivity index (χ1) is 12.7. The van der Waals surface area contributed by atoms with Crippen molar-refractivity contribution in [1.29, 1.82) is 0 Å². The van der Waals surface area contributed by atoms with Gasteiger partial charge in [0.15, 0.2) is 0 Å². The van der Waals surface area contributed by atoms with Gasteiger partial charge in [0, 0.05) is 29.0 Å². The lowest BCUT2D eigenvalue weighted by Crippen LogP contribution is -2.40. The van der Waals surface area contributed by atoms with Crippen molar-refractivity contribution < 1.29 is 9.53 Å². The monoisotopic (exact) mass is 417 g/mol. The summed E-state index contributed by atoms with van der Waals surface area (Å²) in [6.45, 7) is 2.61. The Balaban J connectivity index is 1.78. The lowest BCUT2D eigenvalue weighted by Gasteiger charge is -2.35. The summed E-state index contributed by atoms with van der Waals surface area (Å²) < 4.78 is 6.36. The summed E-state index contributed by atoms with van der Waals surface area (Å²) >= 11 is 3.36. The van der Waals surface area contributed by atoms with E-state index in [0.29, 0.717) is 12.1 Å². The number of carbonyl (C=O) groups is 1. The molecule has 1 aromatic carbocycles. The largest absolute Gasteiger partial charge is 0.496 e. The topological polar surface area (TPSA) is 54.5 Å². The van der Waals surface area contributed by atoms with Gasteiger partial charge in [-0.05, 0) is 54.0 Å². The smallest absolute Gasteiger partial charge is 0.252 e. The average Bonchev–Trinajstić information content (AvgIpc) is 2.69. The molecule has 138 valence electrons. The molecule has 0 bridgehead atoms. The van der Waals surface area contributed by atoms with Crippen LogP contribution in [-0.4, -0.2) is 42.5 Å². The van der Waals surface area contributed by atoms with Gasteiger partial charge in [-0.2, -0.15) is 0 Å². The van der Waals surface area contributed by atoms with Gasteiger partial charge in [-0.1, -0.05) is 24.6 Å². The van der Waals surface area contributed by atoms with Gasteiger partial charge in [0.25, 0.3) is 5.91 Å². The molecule has 6 heteroatoms. The van der Waals surface area contributed by atoms with E-state index in [2.05, 4.69) is 37.2 Å². The number of benzene rings is 1. The lowest BCUT2D eigenvalue weighted by atomic mass is 10.0. The van der Waals surface area contributed by atoms with E-state index in [0.717, 1.165) is 28.9 Å². The van der Waals surface area contributed by atoms with Gasteiger partial charge in [0.2, 0.25) is 0 Å². The standard InChI is InChI=1S/C20H24BrN3O2/c1-26-19-8-4-3-7-17(19)18(24-9-5-2-6-10-24)14-23-20(25)15-11-16(21)13-22-12-15/h3-4,7-8,11-13,18H,2,5-6,9-10,14H2,1H3,(H,23,25). The molecule has 2 heterocycles. The first-order valence-electron chi connectivity index (χ1n) is 8.95. The number of hydrogen-bond donors (Lipinski definition) is 1. The van der Waals surface area contributed by atoms with Gasteiger partial charge in [0.1, 0.15) is 5.75 Å². The van der Waals surface area contributed by atoms with Gasteiger partial charge in [0.05, 0.1) is 18.7 Å². The Kier molecular flexibility index (Phi) is 6.63. The number of aromatic nitrogens is 1. The molecule has 1 aliphatic heterocycles. The third kappa shape index (κ3) is 4.62. The van der Waals surface area contributed by atoms with Crippen LogP contribution in [0, 0.1) is 0 Å². The van der Waals surface area contributed by atoms with Crippen LogP contribution in [-0.2, 0) is 0 Å². The van der Waals surface area contributed by atoms with Crippen LogP contribution in [0.2, 0.25) is 0 Å². The molecule has 0 spiro atoms. The molecule has 1 atom stereocenters. The number of piperidine rings is 1. The van der Waals surface area contributed by atoms with Crippen molar-refractivity contribution in [3.8, 4) is 5.75 Å². The van der Waals surface area contributed by atoms with Crippen molar-refractivity contribution in [2.75, 3.05) is 26.7 Å². The summed E-state index contributed by atoms with van der Waals surface area (Å²) in [4.78, 5) is 19.1. The van der Waals surface area contributed by atoms with Crippen LogP contribution in [0.25, 0.3) is 0 Å². The molecule has 26 heavy (non-hydrogen) atoms. The van der Waals surface area contributed by atoms with Gasteiger partial charge in [-0.25, -0.2) is 0 Å². The van der Waals surface area contributed by atoms with E-state index >= 15 is 0 Å². The number of amides is 1. The molecule has 1 fully saturated rings. The highest BCUT2D eigenvalue weighted by Gasteiger charge is 2.25. The highest BCUT2D eigenvalue weighted by atomic mass is 79.9. The zero-order valence-corrected chi connectivity index (χ0v) is 16.5. The molecule has 1 aromatic heterocycles. The maximum absolute atomic E-state index is 12.5. The van der Waals surface area contributed by atoms with E-state index in [1.165, 1.54) is 19.3 Å². The van der Waals surface area contributed by atoms with Gasteiger partial charge in [-0.3, -0.25) is 14.7 Å². The van der Waals surface area contributed by atoms with E-state index in [1.807, 2.05) is 18.2 Å². The number of para-hydroxylation sites is 1. The number of likely N-dealkylation sites (tertiary alicyclic amines) is 1. The van der Waals surface area contributed by atoms with Crippen molar-refractivity contribution in [2.24, 2.45) is 0 Å². The minimum atomic E-state index is -0.115. The number of nitrogens with one attached hydrogen (secondary N) is 1. The Labute approximate surface area is 162 Å². The zero-order chi connectivity index (χ0) is 18.4. The highest BCUT2D eigenvalue weighted by Crippen LogP contribution is 2.31. The summed E-state index contributed by atoms with van der Waals surface area (Å²) in [7, 11) is 1.69. The Morgan fingerprint density at radius 2 is 2.04 bits per heavy atom. The quantitative estimate of drug-likeness (QED) is 0.775. The molecule has 1 unspecified atom stereocenters. The van der Waals surface area contributed by atoms with Gasteiger partial charge >= 0.3 is 0 Å². The van der Waals surface area contributed by atoms with E-state index in [9.17, 15) is 4.79 Å². The SMILES string of the molecule is COc1ccccc1C(CNC(=O)c1cncc(Br)c1)N1CCCCC1. The molecule has 0 aliphatic carbocycles. The summed E-state index contributed by atoms with van der Waals surface area (Å²) in [5.41, 5.74) is 1.67. The van der Waals surface area contributed by atoms with E-state index in [4.69, 9.17) is 4.74 Å². The minimum Gasteiger partial charge on any atom is -0.496 e. The number of carbonyl (C=O) groups excluding carboxylic acids is 1. The molecule has 3 rings (SSSR count). The van der Waals surface area contributed by atoms with Gasteiger partial charge in [-0.15, -0.1) is 0 Å². The Bertz CT molecular complexity index is 747. The number of methoxy groups -OCH3 is 1. The molecule has 1 saturated heterocycles. The van der Waals surface area contributed by atoms with Crippen LogP contribution in [0.1, 0.15) is 41.2 Å². The fourth-order valence-corrected chi connectivity index (χ4v) is 3.80. The van der Waals surface area contributed by atoms with Crippen molar-refractivity contribution in [1.82, 2.24) is 15.2 Å². The molecule has 0 radical (unpaired) electrons. The van der Waals surface area contributed by atoms with E-state index in [1.54, 1.807) is 25.6 Å². The molecule has 1 N–H and O–H groups in total. The zero-order valence-electron chi connectivity index (χ0n) is 15.0. The normalized spacial score (nSPS) is 16.1. The van der Waals surface area contributed by atoms with Crippen molar-refractivity contribution in [2.45, 2.75) is 25.3 Å². The van der Waals surface area contributed by atoms with Crippen molar-refractivity contribution >= 4 is 21.8 Å². The average molecular weight is 418 g/mol. The maximum Gasteiger partial charge on any atom is 0.252 e. The van der Waals surface area contributed by atoms with E-state index < -0.39 is 0 Å². The number of pyridine rings is 1. The third-order valence-corrected chi connectivity index (χ3v) is 5.19. The van der Waals surface area contributed by atoms with Crippen LogP contribution in [0.4, 0.5) is 0 Å². The molecule has 5 nitrogen and oxygen atoms in total.